The molecular weight excluding hydrogens is 256 g/mol. The van der Waals surface area contributed by atoms with Gasteiger partial charge in [-0.15, -0.1) is 0 Å². The highest BCUT2D eigenvalue weighted by Crippen LogP contribution is 2.27. The summed E-state index contributed by atoms with van der Waals surface area (Å²) >= 11 is 0. The van der Waals surface area contributed by atoms with E-state index >= 15 is 0 Å². The molecule has 19 heavy (non-hydrogen) atoms. The molecule has 4 N–H and O–H groups in total. The van der Waals surface area contributed by atoms with Crippen LogP contribution in [0.5, 0.6) is 0 Å². The topological polar surface area (TPSA) is 125 Å². The normalized spacial score (nSPS) is 30.5. The van der Waals surface area contributed by atoms with Crippen molar-refractivity contribution in [2.45, 2.75) is 24.5 Å². The number of aromatic nitrogens is 2. The molecule has 8 nitrogen and oxygen atoms in total. The Balaban J connectivity index is 2.46. The van der Waals surface area contributed by atoms with Crippen LogP contribution in [-0.4, -0.2) is 49.8 Å². The van der Waals surface area contributed by atoms with Gasteiger partial charge in [0.05, 0.1) is 12.2 Å². The van der Waals surface area contributed by atoms with Gasteiger partial charge in [0.1, 0.15) is 18.3 Å². The van der Waals surface area contributed by atoms with Crippen LogP contribution in [-0.2, 0) is 4.74 Å². The smallest absolute Gasteiger partial charge is 0.330 e. The Bertz CT molecular complexity index is 592. The Kier molecular flexibility index (Phi) is 3.67. The zero-order valence-electron chi connectivity index (χ0n) is 9.89. The van der Waals surface area contributed by atoms with Crippen molar-refractivity contribution in [2.24, 2.45) is 0 Å². The van der Waals surface area contributed by atoms with Crippen molar-refractivity contribution < 1.29 is 20.1 Å². The molecule has 0 amide bonds. The van der Waals surface area contributed by atoms with Crippen LogP contribution in [0, 0.1) is 0 Å². The van der Waals surface area contributed by atoms with E-state index in [1.165, 1.54) is 12.3 Å². The zero-order valence-corrected chi connectivity index (χ0v) is 9.89. The SMILES string of the molecule is C=Cc1cn([C@@H]2O[C@H](CO)C(O)C2O)c(=O)[nH]c1=O. The van der Waals surface area contributed by atoms with Crippen LogP contribution in [0.3, 0.4) is 0 Å². The van der Waals surface area contributed by atoms with E-state index in [1.807, 2.05) is 4.98 Å². The Hall–Kier alpha value is -1.74. The summed E-state index contributed by atoms with van der Waals surface area (Å²) in [6.45, 7) is 2.93. The number of ether oxygens (including phenoxy) is 1. The number of aliphatic hydroxyl groups is 3. The largest absolute Gasteiger partial charge is 0.394 e. The van der Waals surface area contributed by atoms with E-state index in [0.29, 0.717) is 0 Å². The highest BCUT2D eigenvalue weighted by Gasteiger charge is 2.43. The summed E-state index contributed by atoms with van der Waals surface area (Å²) in [6, 6.07) is 0. The molecule has 2 rings (SSSR count). The molecule has 1 aromatic rings. The average molecular weight is 270 g/mol. The predicted molar refractivity (Wildman–Crippen MR) is 64.4 cm³/mol. The monoisotopic (exact) mass is 270 g/mol. The van der Waals surface area contributed by atoms with Crippen molar-refractivity contribution >= 4 is 6.08 Å². The van der Waals surface area contributed by atoms with Crippen LogP contribution in [0.25, 0.3) is 6.08 Å². The van der Waals surface area contributed by atoms with Gasteiger partial charge in [-0.25, -0.2) is 4.79 Å². The van der Waals surface area contributed by atoms with Crippen LogP contribution in [0.15, 0.2) is 22.4 Å². The van der Waals surface area contributed by atoms with Crippen molar-refractivity contribution in [2.75, 3.05) is 6.61 Å². The number of aromatic amines is 1. The molecule has 0 bridgehead atoms. The van der Waals surface area contributed by atoms with Crippen molar-refractivity contribution in [3.8, 4) is 0 Å². The number of nitrogens with one attached hydrogen (secondary N) is 1. The van der Waals surface area contributed by atoms with E-state index < -0.39 is 42.4 Å². The van der Waals surface area contributed by atoms with Gasteiger partial charge in [0.25, 0.3) is 5.56 Å². The van der Waals surface area contributed by atoms with Gasteiger partial charge in [-0.2, -0.15) is 0 Å². The summed E-state index contributed by atoms with van der Waals surface area (Å²) in [5.74, 6) is 0. The summed E-state index contributed by atoms with van der Waals surface area (Å²) in [5, 5.41) is 28.4. The molecule has 1 aliphatic rings. The number of nitrogens with zero attached hydrogens (tertiary/aromatic N) is 1. The van der Waals surface area contributed by atoms with Crippen LogP contribution in [0.4, 0.5) is 0 Å². The van der Waals surface area contributed by atoms with Crippen LogP contribution in [0.1, 0.15) is 11.8 Å². The van der Waals surface area contributed by atoms with E-state index in [4.69, 9.17) is 9.84 Å². The second kappa shape index (κ2) is 5.10. The lowest BCUT2D eigenvalue weighted by Gasteiger charge is -2.17. The first-order valence-electron chi connectivity index (χ1n) is 5.60. The lowest BCUT2D eigenvalue weighted by molar-refractivity contribution is -0.0550. The molecular formula is C11H14N2O6. The number of rotatable bonds is 3. The molecule has 0 spiro atoms. The van der Waals surface area contributed by atoms with Gasteiger partial charge < -0.3 is 20.1 Å². The minimum Gasteiger partial charge on any atom is -0.394 e. The first-order valence-corrected chi connectivity index (χ1v) is 5.60. The van der Waals surface area contributed by atoms with Gasteiger partial charge in [0.2, 0.25) is 0 Å². The van der Waals surface area contributed by atoms with Crippen molar-refractivity contribution in [3.05, 3.63) is 39.2 Å². The fraction of sp³-hybridized carbons (Fsp3) is 0.455. The van der Waals surface area contributed by atoms with Gasteiger partial charge in [-0.3, -0.25) is 14.3 Å². The van der Waals surface area contributed by atoms with Gasteiger partial charge in [0.15, 0.2) is 6.23 Å². The quantitative estimate of drug-likeness (QED) is 0.493. The van der Waals surface area contributed by atoms with Gasteiger partial charge in [0, 0.05) is 6.20 Å². The number of hydrogen-bond donors (Lipinski definition) is 4. The molecule has 2 heterocycles. The van der Waals surface area contributed by atoms with Crippen LogP contribution in [0.2, 0.25) is 0 Å². The molecule has 1 aromatic heterocycles. The first-order chi connectivity index (χ1) is 8.99. The number of H-pyrrole nitrogens is 1. The molecule has 1 aliphatic heterocycles. The van der Waals surface area contributed by atoms with Gasteiger partial charge in [-0.05, 0) is 0 Å². The van der Waals surface area contributed by atoms with Crippen molar-refractivity contribution in [3.63, 3.8) is 0 Å². The summed E-state index contributed by atoms with van der Waals surface area (Å²) < 4.78 is 6.14. The standard InChI is InChI=1S/C11H14N2O6/c1-2-5-3-13(11(18)12-9(5)17)10-8(16)7(15)6(4-14)19-10/h2-3,6-8,10,14-16H,1,4H2,(H,12,17,18)/t6-,7?,8?,10-/m1/s1. The highest BCUT2D eigenvalue weighted by atomic mass is 16.6. The Morgan fingerprint density at radius 3 is 2.63 bits per heavy atom. The molecule has 1 saturated heterocycles. The summed E-state index contributed by atoms with van der Waals surface area (Å²) in [5.41, 5.74) is -1.27. The Morgan fingerprint density at radius 1 is 1.42 bits per heavy atom. The van der Waals surface area contributed by atoms with E-state index in [-0.39, 0.29) is 5.56 Å². The molecule has 2 unspecified atom stereocenters. The molecule has 0 saturated carbocycles. The minimum absolute atomic E-state index is 0.123. The average Bonchev–Trinajstić information content (AvgIpc) is 2.67. The van der Waals surface area contributed by atoms with E-state index in [0.717, 1.165) is 4.57 Å². The summed E-state index contributed by atoms with van der Waals surface area (Å²) in [4.78, 5) is 25.1. The van der Waals surface area contributed by atoms with Crippen molar-refractivity contribution in [1.82, 2.24) is 9.55 Å². The third-order valence-electron chi connectivity index (χ3n) is 3.01. The maximum Gasteiger partial charge on any atom is 0.330 e. The lowest BCUT2D eigenvalue weighted by Crippen LogP contribution is -2.38. The summed E-state index contributed by atoms with van der Waals surface area (Å²) in [7, 11) is 0. The molecule has 4 atom stereocenters. The first kappa shape index (κ1) is 13.7. The van der Waals surface area contributed by atoms with E-state index in [9.17, 15) is 19.8 Å². The molecule has 0 aromatic carbocycles. The van der Waals surface area contributed by atoms with Crippen LogP contribution >= 0.6 is 0 Å². The molecule has 1 fully saturated rings. The Labute approximate surface area is 107 Å². The van der Waals surface area contributed by atoms with E-state index in [2.05, 4.69) is 6.58 Å². The van der Waals surface area contributed by atoms with Crippen LogP contribution < -0.4 is 11.2 Å². The fourth-order valence-electron chi connectivity index (χ4n) is 1.95. The maximum atomic E-state index is 11.7. The second-order valence-electron chi connectivity index (χ2n) is 4.18. The summed E-state index contributed by atoms with van der Waals surface area (Å²) in [6.07, 6.45) is -2.47. The minimum atomic E-state index is -1.39. The fourth-order valence-corrected chi connectivity index (χ4v) is 1.95. The second-order valence-corrected chi connectivity index (χ2v) is 4.18. The number of hydrogen-bond acceptors (Lipinski definition) is 6. The van der Waals surface area contributed by atoms with Crippen molar-refractivity contribution in [1.29, 1.82) is 0 Å². The molecule has 8 heteroatoms. The highest BCUT2D eigenvalue weighted by molar-refractivity contribution is 5.43. The zero-order chi connectivity index (χ0) is 14.2. The third kappa shape index (κ3) is 2.26. The predicted octanol–water partition coefficient (Wildman–Crippen LogP) is -2.21. The lowest BCUT2D eigenvalue weighted by atomic mass is 10.1. The molecule has 0 aliphatic carbocycles. The Morgan fingerprint density at radius 2 is 2.11 bits per heavy atom. The van der Waals surface area contributed by atoms with Gasteiger partial charge in [-0.1, -0.05) is 12.7 Å². The molecule has 104 valence electrons. The third-order valence-corrected chi connectivity index (χ3v) is 3.01. The molecule has 0 radical (unpaired) electrons. The van der Waals surface area contributed by atoms with Gasteiger partial charge >= 0.3 is 5.69 Å². The number of aliphatic hydroxyl groups excluding tert-OH is 3. The maximum absolute atomic E-state index is 11.7. The van der Waals surface area contributed by atoms with E-state index in [1.54, 1.807) is 0 Å².